The van der Waals surface area contributed by atoms with Gasteiger partial charge in [0.15, 0.2) is 0 Å². The number of piperidine rings is 1. The topological polar surface area (TPSA) is 43.8 Å². The van der Waals surface area contributed by atoms with Crippen LogP contribution in [-0.4, -0.2) is 59.6 Å². The van der Waals surface area contributed by atoms with Crippen LogP contribution in [0.4, 0.5) is 0 Å². The molecule has 1 N–H and O–H groups in total. The second-order valence-corrected chi connectivity index (χ2v) is 8.88. The van der Waals surface area contributed by atoms with Gasteiger partial charge >= 0.3 is 0 Å². The Morgan fingerprint density at radius 3 is 2.46 bits per heavy atom. The van der Waals surface area contributed by atoms with Crippen LogP contribution in [0.3, 0.4) is 0 Å². The summed E-state index contributed by atoms with van der Waals surface area (Å²) in [5.41, 5.74) is 1.23. The normalized spacial score (nSPS) is 26.2. The first-order chi connectivity index (χ1) is 12.6. The molecule has 1 unspecified atom stereocenters. The first-order valence-corrected chi connectivity index (χ1v) is 10.3. The lowest BCUT2D eigenvalue weighted by atomic mass is 9.71. The maximum absolute atomic E-state index is 12.7. The van der Waals surface area contributed by atoms with Gasteiger partial charge in [0.1, 0.15) is 0 Å². The van der Waals surface area contributed by atoms with Gasteiger partial charge in [-0.05, 0) is 48.8 Å². The number of hydrogen-bond donors (Lipinski definition) is 1. The third-order valence-corrected chi connectivity index (χ3v) is 7.28. The number of likely N-dealkylation sites (tertiary alicyclic amines) is 2. The van der Waals surface area contributed by atoms with Crippen molar-refractivity contribution in [3.8, 4) is 0 Å². The van der Waals surface area contributed by atoms with E-state index in [9.17, 15) is 9.90 Å². The largest absolute Gasteiger partial charge is 0.396 e. The van der Waals surface area contributed by atoms with Crippen LogP contribution in [0, 0.1) is 11.3 Å². The van der Waals surface area contributed by atoms with Gasteiger partial charge < -0.3 is 10.0 Å². The van der Waals surface area contributed by atoms with Crippen molar-refractivity contribution in [2.75, 3.05) is 32.8 Å². The van der Waals surface area contributed by atoms with E-state index in [1.54, 1.807) is 0 Å². The van der Waals surface area contributed by atoms with Crippen molar-refractivity contribution >= 4 is 17.5 Å². The number of aliphatic hydroxyl groups excluding tert-OH is 1. The van der Waals surface area contributed by atoms with Crippen LogP contribution < -0.4 is 0 Å². The molecule has 1 aromatic rings. The number of aliphatic hydroxyl groups is 1. The molecule has 2 aliphatic heterocycles. The molecule has 5 heteroatoms. The number of benzene rings is 1. The molecule has 1 saturated carbocycles. The minimum atomic E-state index is 0.205. The molecule has 0 radical (unpaired) electrons. The highest BCUT2D eigenvalue weighted by atomic mass is 35.5. The van der Waals surface area contributed by atoms with Crippen molar-refractivity contribution < 1.29 is 9.90 Å². The van der Waals surface area contributed by atoms with Gasteiger partial charge in [0.25, 0.3) is 0 Å². The van der Waals surface area contributed by atoms with Crippen molar-refractivity contribution in [1.29, 1.82) is 0 Å². The van der Waals surface area contributed by atoms with Crippen LogP contribution >= 0.6 is 11.6 Å². The van der Waals surface area contributed by atoms with Crippen molar-refractivity contribution in [3.63, 3.8) is 0 Å². The number of rotatable bonds is 4. The average Bonchev–Trinajstić information content (AvgIpc) is 2.93. The van der Waals surface area contributed by atoms with Crippen molar-refractivity contribution in [1.82, 2.24) is 9.80 Å². The third kappa shape index (κ3) is 3.51. The lowest BCUT2D eigenvalue weighted by Gasteiger charge is -2.43. The third-order valence-electron chi connectivity index (χ3n) is 7.03. The quantitative estimate of drug-likeness (QED) is 0.878. The van der Waals surface area contributed by atoms with Crippen molar-refractivity contribution in [3.05, 3.63) is 34.9 Å². The Balaban J connectivity index is 1.35. The molecule has 1 atom stereocenters. The molecule has 1 aromatic carbocycles. The molecule has 1 amide bonds. The van der Waals surface area contributed by atoms with E-state index in [0.29, 0.717) is 17.4 Å². The number of hydrogen-bond acceptors (Lipinski definition) is 3. The molecule has 1 aliphatic carbocycles. The molecule has 3 fully saturated rings. The SMILES string of the molecule is O=C(Cc1ccc(Cl)cc1)N1CCC2(CC1)CN(C1CCC1)CC2CO. The molecule has 26 heavy (non-hydrogen) atoms. The Kier molecular flexibility index (Phi) is 5.27. The maximum atomic E-state index is 12.7. The van der Waals surface area contributed by atoms with Gasteiger partial charge in [-0.1, -0.05) is 30.2 Å². The predicted molar refractivity (Wildman–Crippen MR) is 103 cm³/mol. The minimum Gasteiger partial charge on any atom is -0.396 e. The molecule has 4 nitrogen and oxygen atoms in total. The summed E-state index contributed by atoms with van der Waals surface area (Å²) in [5, 5.41) is 10.7. The van der Waals surface area contributed by atoms with Crippen molar-refractivity contribution in [2.45, 2.75) is 44.6 Å². The fourth-order valence-electron chi connectivity index (χ4n) is 5.01. The van der Waals surface area contributed by atoms with Crippen LogP contribution in [0.2, 0.25) is 5.02 Å². The molecule has 1 spiro atoms. The van der Waals surface area contributed by atoms with E-state index >= 15 is 0 Å². The highest BCUT2D eigenvalue weighted by Crippen LogP contribution is 2.46. The minimum absolute atomic E-state index is 0.205. The van der Waals surface area contributed by atoms with E-state index in [0.717, 1.165) is 50.6 Å². The average molecular weight is 377 g/mol. The second kappa shape index (κ2) is 7.49. The fourth-order valence-corrected chi connectivity index (χ4v) is 5.14. The zero-order chi connectivity index (χ0) is 18.1. The number of carbonyl (C=O) groups excluding carboxylic acids is 1. The van der Waals surface area contributed by atoms with Crippen LogP contribution in [0.5, 0.6) is 0 Å². The molecule has 3 aliphatic rings. The Morgan fingerprint density at radius 1 is 1.19 bits per heavy atom. The molecule has 0 aromatic heterocycles. The smallest absolute Gasteiger partial charge is 0.226 e. The zero-order valence-electron chi connectivity index (χ0n) is 15.4. The van der Waals surface area contributed by atoms with Gasteiger partial charge in [-0.3, -0.25) is 9.69 Å². The van der Waals surface area contributed by atoms with Gasteiger partial charge in [-0.15, -0.1) is 0 Å². The van der Waals surface area contributed by atoms with Gasteiger partial charge in [0.05, 0.1) is 6.42 Å². The summed E-state index contributed by atoms with van der Waals surface area (Å²) in [6, 6.07) is 8.29. The van der Waals surface area contributed by atoms with Gasteiger partial charge in [0, 0.05) is 49.8 Å². The molecule has 0 bridgehead atoms. The number of halogens is 1. The summed E-state index contributed by atoms with van der Waals surface area (Å²) in [5.74, 6) is 0.577. The monoisotopic (exact) mass is 376 g/mol. The van der Waals surface area contributed by atoms with Crippen LogP contribution in [0.1, 0.15) is 37.7 Å². The summed E-state index contributed by atoms with van der Waals surface area (Å²) in [4.78, 5) is 17.3. The van der Waals surface area contributed by atoms with E-state index in [1.807, 2.05) is 29.2 Å². The predicted octanol–water partition coefficient (Wildman–Crippen LogP) is 2.97. The maximum Gasteiger partial charge on any atom is 0.226 e. The molecule has 2 heterocycles. The summed E-state index contributed by atoms with van der Waals surface area (Å²) in [6.07, 6.45) is 6.48. The fraction of sp³-hybridized carbons (Fsp3) is 0.667. The Morgan fingerprint density at radius 2 is 1.88 bits per heavy atom. The molecular weight excluding hydrogens is 348 g/mol. The molecule has 142 valence electrons. The highest BCUT2D eigenvalue weighted by molar-refractivity contribution is 6.30. The Labute approximate surface area is 161 Å². The van der Waals surface area contributed by atoms with E-state index in [4.69, 9.17) is 11.6 Å². The molecule has 4 rings (SSSR count). The van der Waals surface area contributed by atoms with Crippen LogP contribution in [0.25, 0.3) is 0 Å². The lowest BCUT2D eigenvalue weighted by molar-refractivity contribution is -0.133. The number of carbonyl (C=O) groups is 1. The van der Waals surface area contributed by atoms with Gasteiger partial charge in [0.2, 0.25) is 5.91 Å². The highest BCUT2D eigenvalue weighted by Gasteiger charge is 2.49. The van der Waals surface area contributed by atoms with Crippen LogP contribution in [-0.2, 0) is 11.2 Å². The first kappa shape index (κ1) is 18.3. The van der Waals surface area contributed by atoms with E-state index in [-0.39, 0.29) is 17.9 Å². The number of amides is 1. The zero-order valence-corrected chi connectivity index (χ0v) is 16.1. The Bertz CT molecular complexity index is 636. The second-order valence-electron chi connectivity index (χ2n) is 8.44. The van der Waals surface area contributed by atoms with Gasteiger partial charge in [-0.2, -0.15) is 0 Å². The first-order valence-electron chi connectivity index (χ1n) is 9.97. The van der Waals surface area contributed by atoms with Gasteiger partial charge in [-0.25, -0.2) is 0 Å². The lowest BCUT2D eigenvalue weighted by Crippen LogP contribution is -2.48. The van der Waals surface area contributed by atoms with E-state index in [2.05, 4.69) is 4.90 Å². The molecular formula is C21H29ClN2O2. The standard InChI is InChI=1S/C21H29ClN2O2/c22-18-6-4-16(5-7-18)12-20(26)23-10-8-21(9-11-23)15-24(13-17(21)14-25)19-2-1-3-19/h4-7,17,19,25H,1-3,8-15H2. The van der Waals surface area contributed by atoms with Crippen molar-refractivity contribution in [2.24, 2.45) is 11.3 Å². The van der Waals surface area contributed by atoms with E-state index < -0.39 is 0 Å². The summed E-state index contributed by atoms with van der Waals surface area (Å²) in [6.45, 7) is 4.08. The number of nitrogens with zero attached hydrogens (tertiary/aromatic N) is 2. The van der Waals surface area contributed by atoms with Crippen LogP contribution in [0.15, 0.2) is 24.3 Å². The summed E-state index contributed by atoms with van der Waals surface area (Å²) >= 11 is 5.92. The molecule has 2 saturated heterocycles. The van der Waals surface area contributed by atoms with E-state index in [1.165, 1.54) is 19.3 Å². The summed E-state index contributed by atoms with van der Waals surface area (Å²) < 4.78 is 0. The summed E-state index contributed by atoms with van der Waals surface area (Å²) in [7, 11) is 0. The Hall–Kier alpha value is -1.10.